The first-order valence-corrected chi connectivity index (χ1v) is 8.60. The zero-order chi connectivity index (χ0) is 15.4. The SMILES string of the molecule is CC(C)=CCCC(C)=CCCC(C)=CCCC(=O)CBr. The van der Waals surface area contributed by atoms with Gasteiger partial charge in [0, 0.05) is 6.42 Å². The van der Waals surface area contributed by atoms with Crippen molar-refractivity contribution in [3.05, 3.63) is 34.9 Å². The molecule has 0 rings (SSSR count). The second-order valence-corrected chi connectivity index (χ2v) is 6.23. The zero-order valence-electron chi connectivity index (χ0n) is 13.5. The first-order chi connectivity index (χ1) is 9.45. The number of ketones is 1. The zero-order valence-corrected chi connectivity index (χ0v) is 15.1. The van der Waals surface area contributed by atoms with Crippen molar-refractivity contribution in [3.8, 4) is 0 Å². The molecule has 0 aromatic carbocycles. The molecule has 1 nitrogen and oxygen atoms in total. The highest BCUT2D eigenvalue weighted by Crippen LogP contribution is 2.12. The monoisotopic (exact) mass is 340 g/mol. The average molecular weight is 341 g/mol. The van der Waals surface area contributed by atoms with Gasteiger partial charge in [-0.15, -0.1) is 0 Å². The first kappa shape index (κ1) is 19.4. The molecule has 0 atom stereocenters. The van der Waals surface area contributed by atoms with Gasteiger partial charge in [0.25, 0.3) is 0 Å². The molecule has 0 aliphatic carbocycles. The minimum Gasteiger partial charge on any atom is -0.299 e. The summed E-state index contributed by atoms with van der Waals surface area (Å²) in [7, 11) is 0. The van der Waals surface area contributed by atoms with Gasteiger partial charge in [0.1, 0.15) is 5.78 Å². The largest absolute Gasteiger partial charge is 0.299 e. The third kappa shape index (κ3) is 12.4. The van der Waals surface area contributed by atoms with E-state index in [9.17, 15) is 4.79 Å². The van der Waals surface area contributed by atoms with Crippen molar-refractivity contribution in [2.75, 3.05) is 5.33 Å². The Morgan fingerprint density at radius 2 is 1.25 bits per heavy atom. The molecule has 114 valence electrons. The molecule has 0 aliphatic heterocycles. The predicted molar refractivity (Wildman–Crippen MR) is 93.4 cm³/mol. The van der Waals surface area contributed by atoms with E-state index in [0.29, 0.717) is 11.8 Å². The van der Waals surface area contributed by atoms with Crippen LogP contribution in [-0.2, 0) is 4.79 Å². The number of alkyl halides is 1. The minimum atomic E-state index is 0.282. The van der Waals surface area contributed by atoms with Crippen molar-refractivity contribution in [3.63, 3.8) is 0 Å². The van der Waals surface area contributed by atoms with Crippen LogP contribution in [0.25, 0.3) is 0 Å². The molecular weight excluding hydrogens is 312 g/mol. The number of rotatable bonds is 10. The highest BCUT2D eigenvalue weighted by Gasteiger charge is 1.97. The standard InChI is InChI=1S/C18H29BrO/c1-15(2)8-5-9-16(3)10-6-11-17(4)12-7-13-18(20)14-19/h8,10,12H,5-7,9,11,13-14H2,1-4H3. The normalized spacial score (nSPS) is 12.4. The second kappa shape index (κ2) is 12.1. The van der Waals surface area contributed by atoms with Crippen LogP contribution in [0.15, 0.2) is 34.9 Å². The Morgan fingerprint density at radius 1 is 0.800 bits per heavy atom. The second-order valence-electron chi connectivity index (χ2n) is 5.67. The maximum absolute atomic E-state index is 11.2. The lowest BCUT2D eigenvalue weighted by atomic mass is 10.1. The lowest BCUT2D eigenvalue weighted by molar-refractivity contribution is -0.116. The third-order valence-electron chi connectivity index (χ3n) is 3.19. The summed E-state index contributed by atoms with van der Waals surface area (Å²) in [6, 6.07) is 0. The molecule has 0 bridgehead atoms. The fraction of sp³-hybridized carbons (Fsp3) is 0.611. The number of Topliss-reactive ketones (excluding diaryl/α,β-unsaturated/α-hetero) is 1. The molecule has 0 saturated carbocycles. The van der Waals surface area contributed by atoms with Crippen molar-refractivity contribution >= 4 is 21.7 Å². The number of allylic oxidation sites excluding steroid dienone is 6. The van der Waals surface area contributed by atoms with Crippen LogP contribution in [0.3, 0.4) is 0 Å². The van der Waals surface area contributed by atoms with Crippen LogP contribution in [0.5, 0.6) is 0 Å². The molecular formula is C18H29BrO. The van der Waals surface area contributed by atoms with Gasteiger partial charge in [-0.1, -0.05) is 50.9 Å². The van der Waals surface area contributed by atoms with Crippen molar-refractivity contribution in [1.82, 2.24) is 0 Å². The molecule has 0 radical (unpaired) electrons. The lowest BCUT2D eigenvalue weighted by Gasteiger charge is -2.01. The molecule has 0 N–H and O–H groups in total. The van der Waals surface area contributed by atoms with Gasteiger partial charge in [-0.2, -0.15) is 0 Å². The van der Waals surface area contributed by atoms with Gasteiger partial charge in [-0.25, -0.2) is 0 Å². The van der Waals surface area contributed by atoms with E-state index in [1.54, 1.807) is 0 Å². The van der Waals surface area contributed by atoms with Crippen molar-refractivity contribution in [2.24, 2.45) is 0 Å². The van der Waals surface area contributed by atoms with Crippen LogP contribution < -0.4 is 0 Å². The number of hydrogen-bond acceptors (Lipinski definition) is 1. The van der Waals surface area contributed by atoms with Crippen LogP contribution in [0, 0.1) is 0 Å². The Labute approximate surface area is 133 Å². The Bertz CT molecular complexity index is 371. The smallest absolute Gasteiger partial charge is 0.143 e. The van der Waals surface area contributed by atoms with E-state index in [-0.39, 0.29) is 5.78 Å². The van der Waals surface area contributed by atoms with Crippen LogP contribution >= 0.6 is 15.9 Å². The molecule has 2 heteroatoms. The number of carbonyl (C=O) groups excluding carboxylic acids is 1. The summed E-state index contributed by atoms with van der Waals surface area (Å²) >= 11 is 3.19. The van der Waals surface area contributed by atoms with Gasteiger partial charge < -0.3 is 0 Å². The summed E-state index contributed by atoms with van der Waals surface area (Å²) in [5.74, 6) is 0.282. The maximum Gasteiger partial charge on any atom is 0.143 e. The molecule has 0 heterocycles. The van der Waals surface area contributed by atoms with Gasteiger partial charge in [0.2, 0.25) is 0 Å². The molecule has 0 fully saturated rings. The van der Waals surface area contributed by atoms with Crippen molar-refractivity contribution in [1.29, 1.82) is 0 Å². The Balaban J connectivity index is 3.88. The fourth-order valence-electron chi connectivity index (χ4n) is 1.89. The molecule has 0 aromatic heterocycles. The molecule has 0 amide bonds. The topological polar surface area (TPSA) is 17.1 Å². The van der Waals surface area contributed by atoms with E-state index in [2.05, 4.69) is 61.9 Å². The molecule has 0 unspecified atom stereocenters. The van der Waals surface area contributed by atoms with Gasteiger partial charge in [0.05, 0.1) is 5.33 Å². The first-order valence-electron chi connectivity index (χ1n) is 7.48. The van der Waals surface area contributed by atoms with E-state index in [1.165, 1.54) is 16.7 Å². The van der Waals surface area contributed by atoms with Crippen LogP contribution in [-0.4, -0.2) is 11.1 Å². The molecule has 0 saturated heterocycles. The Hall–Kier alpha value is -0.630. The van der Waals surface area contributed by atoms with E-state index >= 15 is 0 Å². The van der Waals surface area contributed by atoms with Crippen molar-refractivity contribution < 1.29 is 4.79 Å². The summed E-state index contributed by atoms with van der Waals surface area (Å²) in [5, 5.41) is 0.480. The molecule has 0 spiro atoms. The Kier molecular flexibility index (Phi) is 11.8. The highest BCUT2D eigenvalue weighted by atomic mass is 79.9. The Morgan fingerprint density at radius 3 is 1.70 bits per heavy atom. The van der Waals surface area contributed by atoms with Gasteiger partial charge in [0.15, 0.2) is 0 Å². The maximum atomic E-state index is 11.2. The molecule has 0 aliphatic rings. The van der Waals surface area contributed by atoms with E-state index in [0.717, 1.165) is 32.1 Å². The minimum absolute atomic E-state index is 0.282. The predicted octanol–water partition coefficient (Wildman–Crippen LogP) is 6.15. The van der Waals surface area contributed by atoms with Crippen LogP contribution in [0.2, 0.25) is 0 Å². The molecule has 0 aromatic rings. The van der Waals surface area contributed by atoms with Gasteiger partial charge in [-0.3, -0.25) is 4.79 Å². The highest BCUT2D eigenvalue weighted by molar-refractivity contribution is 9.09. The van der Waals surface area contributed by atoms with Gasteiger partial charge >= 0.3 is 0 Å². The summed E-state index contributed by atoms with van der Waals surface area (Å²) in [5.41, 5.74) is 4.26. The quantitative estimate of drug-likeness (QED) is 0.344. The van der Waals surface area contributed by atoms with Crippen LogP contribution in [0.1, 0.15) is 66.2 Å². The average Bonchev–Trinajstić information content (AvgIpc) is 2.38. The van der Waals surface area contributed by atoms with E-state index < -0.39 is 0 Å². The number of halogens is 1. The molecule has 20 heavy (non-hydrogen) atoms. The van der Waals surface area contributed by atoms with Gasteiger partial charge in [-0.05, 0) is 59.8 Å². The summed E-state index contributed by atoms with van der Waals surface area (Å²) in [6.45, 7) is 8.67. The number of carbonyl (C=O) groups is 1. The van der Waals surface area contributed by atoms with E-state index in [1.807, 2.05) is 0 Å². The van der Waals surface area contributed by atoms with Crippen LogP contribution in [0.4, 0.5) is 0 Å². The number of hydrogen-bond donors (Lipinski definition) is 0. The summed E-state index contributed by atoms with van der Waals surface area (Å²) < 4.78 is 0. The fourth-order valence-corrected chi connectivity index (χ4v) is 2.17. The summed E-state index contributed by atoms with van der Waals surface area (Å²) in [4.78, 5) is 11.2. The van der Waals surface area contributed by atoms with Crippen molar-refractivity contribution in [2.45, 2.75) is 66.2 Å². The summed E-state index contributed by atoms with van der Waals surface area (Å²) in [6.07, 6.45) is 12.9. The van der Waals surface area contributed by atoms with E-state index in [4.69, 9.17) is 0 Å². The lowest BCUT2D eigenvalue weighted by Crippen LogP contribution is -1.96. The third-order valence-corrected chi connectivity index (χ3v) is 3.81.